The Balaban J connectivity index is 0.000000225. The molecule has 4 aromatic heterocycles. The van der Waals surface area contributed by atoms with Gasteiger partial charge in [0.15, 0.2) is 0 Å². The maximum absolute atomic E-state index is 12.8. The molecule has 0 spiro atoms. The number of amides is 2. The van der Waals surface area contributed by atoms with Gasteiger partial charge in [0.25, 0.3) is 0 Å². The van der Waals surface area contributed by atoms with E-state index in [1.54, 1.807) is 4.90 Å². The van der Waals surface area contributed by atoms with Crippen LogP contribution in [0, 0.1) is 27.7 Å². The number of ether oxygens (including phenoxy) is 2. The molecule has 2 aromatic carbocycles. The van der Waals surface area contributed by atoms with E-state index >= 15 is 0 Å². The first-order valence-corrected chi connectivity index (χ1v) is 27.2. The third-order valence-corrected chi connectivity index (χ3v) is 14.3. The number of halogens is 2. The number of carbonyl (C=O) groups is 2. The number of likely N-dealkylation sites (N-methyl/N-ethyl adjacent to an activating group) is 2. The van der Waals surface area contributed by atoms with Gasteiger partial charge >= 0.3 is 12.2 Å². The molecule has 1 atom stereocenters. The summed E-state index contributed by atoms with van der Waals surface area (Å²) in [5, 5.41) is 2.78. The minimum atomic E-state index is -0.227. The first-order valence-electron chi connectivity index (χ1n) is 25.7. The molecule has 72 heavy (non-hydrogen) atoms. The zero-order chi connectivity index (χ0) is 51.7. The normalized spacial score (nSPS) is 15.4. The highest BCUT2D eigenvalue weighted by Crippen LogP contribution is 2.35. The third kappa shape index (κ3) is 14.7. The SMILES string of the molecule is CC(C)N(C(=O)OCI)C(C)C.Cc1ccc2c(c1)c1c(n2CCc2ccc(C)nc2)CCN(C)C1.Cc1ccc2c(c1)c1c(n2CCc2ccc(C)nc2)CC[N+](C)(COC(=O)N(C(C)C)C(C)C)C1.[I-]. The molecule has 0 saturated heterocycles. The largest absolute Gasteiger partial charge is 1.00 e. The molecule has 2 aliphatic rings. The van der Waals surface area contributed by atoms with E-state index in [4.69, 9.17) is 9.47 Å². The van der Waals surface area contributed by atoms with E-state index in [1.807, 2.05) is 109 Å². The van der Waals surface area contributed by atoms with Gasteiger partial charge < -0.3 is 57.3 Å². The zero-order valence-electron chi connectivity index (χ0n) is 45.7. The average Bonchev–Trinajstić information content (AvgIpc) is 3.77. The van der Waals surface area contributed by atoms with Crippen molar-refractivity contribution in [3.05, 3.63) is 129 Å². The fourth-order valence-corrected chi connectivity index (χ4v) is 10.7. The fourth-order valence-electron chi connectivity index (χ4n) is 10.4. The highest BCUT2D eigenvalue weighted by molar-refractivity contribution is 14.1. The van der Waals surface area contributed by atoms with Gasteiger partial charge in [0.2, 0.25) is 6.73 Å². The lowest BCUT2D eigenvalue weighted by atomic mass is 10.0. The maximum atomic E-state index is 12.8. The maximum Gasteiger partial charge on any atom is 0.414 e. The molecule has 6 heterocycles. The molecule has 392 valence electrons. The molecule has 0 bridgehead atoms. The lowest BCUT2D eigenvalue weighted by molar-refractivity contribution is -0.940. The Morgan fingerprint density at radius 3 is 1.57 bits per heavy atom. The summed E-state index contributed by atoms with van der Waals surface area (Å²) >= 11 is 2.01. The second-order valence-electron chi connectivity index (χ2n) is 21.3. The Bertz CT molecular complexity index is 2710. The van der Waals surface area contributed by atoms with Gasteiger partial charge in [0.05, 0.1) is 13.6 Å². The number of fused-ring (bicyclic) bond motifs is 6. The van der Waals surface area contributed by atoms with Gasteiger partial charge in [-0.15, -0.1) is 0 Å². The van der Waals surface area contributed by atoms with Gasteiger partial charge in [-0.3, -0.25) is 14.5 Å². The van der Waals surface area contributed by atoms with Crippen molar-refractivity contribution in [3.63, 3.8) is 0 Å². The molecule has 6 aromatic rings. The molecule has 0 saturated carbocycles. The first-order chi connectivity index (χ1) is 33.7. The van der Waals surface area contributed by atoms with Crippen LogP contribution < -0.4 is 24.0 Å². The number of aryl methyl sites for hydroxylation is 8. The second-order valence-corrected chi connectivity index (χ2v) is 21.9. The molecule has 0 N–H and O–H groups in total. The molecule has 14 heteroatoms. The monoisotopic (exact) mass is 1210 g/mol. The van der Waals surface area contributed by atoms with Gasteiger partial charge in [-0.25, -0.2) is 9.59 Å². The van der Waals surface area contributed by atoms with Crippen LogP contribution in [0.5, 0.6) is 0 Å². The number of pyridine rings is 2. The number of quaternary nitrogens is 1. The van der Waals surface area contributed by atoms with E-state index in [0.717, 1.165) is 76.3 Å². The van der Waals surface area contributed by atoms with Gasteiger partial charge in [0.1, 0.15) is 11.2 Å². The molecule has 2 amide bonds. The van der Waals surface area contributed by atoms with Crippen LogP contribution in [0.2, 0.25) is 0 Å². The zero-order valence-corrected chi connectivity index (χ0v) is 50.0. The highest BCUT2D eigenvalue weighted by atomic mass is 127. The van der Waals surface area contributed by atoms with Crippen molar-refractivity contribution in [2.45, 2.75) is 159 Å². The highest BCUT2D eigenvalue weighted by Gasteiger charge is 2.35. The van der Waals surface area contributed by atoms with Crippen LogP contribution in [0.25, 0.3) is 21.8 Å². The Kier molecular flexibility index (Phi) is 21.4. The van der Waals surface area contributed by atoms with Crippen molar-refractivity contribution in [3.8, 4) is 0 Å². The van der Waals surface area contributed by atoms with Gasteiger partial charge in [-0.1, -0.05) is 35.4 Å². The third-order valence-electron chi connectivity index (χ3n) is 14.0. The standard InChI is InChI=1S/C29H41N4O2.C21H25N3.C8H16INO2.HI/c1-20(2)32(21(3)4)29(34)35-19-33(7)15-13-28-26(18-33)25-16-22(5)8-11-27(25)31(28)14-12-24-10-9-23(6)30-17-24;1-15-4-7-20-18(12-15)19-14-23(3)10-9-21(19)24(20)11-8-17-6-5-16(2)22-13-17;1-6(2)10(7(3)4)8(11)12-5-9;/h8-11,16-17,20-21H,12-15,18-19H2,1-7H3;4-7,12-13H,8-11,14H2,1-3H3;6-7H,5H2,1-4H3;1H/q+1;;;/p-1. The predicted octanol–water partition coefficient (Wildman–Crippen LogP) is 9.13. The summed E-state index contributed by atoms with van der Waals surface area (Å²) < 4.78 is 17.0. The summed E-state index contributed by atoms with van der Waals surface area (Å²) in [5.74, 6) is 0. The van der Waals surface area contributed by atoms with Crippen molar-refractivity contribution >= 4 is 56.6 Å². The quantitative estimate of drug-likeness (QED) is 0.0647. The first kappa shape index (κ1) is 58.6. The van der Waals surface area contributed by atoms with Crippen molar-refractivity contribution in [2.75, 3.05) is 38.5 Å². The van der Waals surface area contributed by atoms with Gasteiger partial charge in [0, 0.05) is 126 Å². The van der Waals surface area contributed by atoms with Crippen molar-refractivity contribution < 1.29 is 47.5 Å². The number of hydrogen-bond donors (Lipinski definition) is 0. The lowest BCUT2D eigenvalue weighted by Crippen LogP contribution is -3.00. The van der Waals surface area contributed by atoms with Crippen LogP contribution in [0.1, 0.15) is 112 Å². The molecule has 0 radical (unpaired) electrons. The number of alkyl halides is 1. The van der Waals surface area contributed by atoms with Crippen LogP contribution in [0.3, 0.4) is 0 Å². The molecular formula is C58H82I2N8O4. The second kappa shape index (κ2) is 26.3. The van der Waals surface area contributed by atoms with Crippen molar-refractivity contribution in [1.29, 1.82) is 0 Å². The molecule has 0 aliphatic carbocycles. The molecule has 12 nitrogen and oxygen atoms in total. The fraction of sp³-hybridized carbons (Fsp3) is 0.517. The number of benzene rings is 2. The molecular weight excluding hydrogens is 1130 g/mol. The number of hydrogen-bond acceptors (Lipinski definition) is 7. The number of carbonyl (C=O) groups excluding carboxylic acids is 2. The summed E-state index contributed by atoms with van der Waals surface area (Å²) in [6, 6.07) is 22.9. The van der Waals surface area contributed by atoms with Crippen molar-refractivity contribution in [1.82, 2.24) is 33.8 Å². The topological polar surface area (TPSA) is 98.0 Å². The summed E-state index contributed by atoms with van der Waals surface area (Å²) in [6.07, 6.45) is 7.68. The molecule has 2 aliphatic heterocycles. The van der Waals surface area contributed by atoms with E-state index in [9.17, 15) is 9.59 Å². The Hall–Kier alpha value is -4.26. The van der Waals surface area contributed by atoms with E-state index in [0.29, 0.717) is 15.8 Å². The van der Waals surface area contributed by atoms with Crippen LogP contribution >= 0.6 is 22.6 Å². The van der Waals surface area contributed by atoms with Crippen molar-refractivity contribution in [2.24, 2.45) is 0 Å². The Labute approximate surface area is 461 Å². The Morgan fingerprint density at radius 1 is 0.667 bits per heavy atom. The van der Waals surface area contributed by atoms with Crippen LogP contribution in [-0.4, -0.2) is 113 Å². The summed E-state index contributed by atoms with van der Waals surface area (Å²) in [7, 11) is 4.43. The summed E-state index contributed by atoms with van der Waals surface area (Å²) in [4.78, 5) is 39.0. The number of rotatable bonds is 13. The van der Waals surface area contributed by atoms with Gasteiger partial charge in [-0.05, 0) is 179 Å². The minimum absolute atomic E-state index is 0. The number of nitrogens with zero attached hydrogens (tertiary/aromatic N) is 8. The lowest BCUT2D eigenvalue weighted by Gasteiger charge is -2.38. The average molecular weight is 1210 g/mol. The predicted molar refractivity (Wildman–Crippen MR) is 298 cm³/mol. The number of aromatic nitrogens is 4. The molecule has 8 rings (SSSR count). The smallest absolute Gasteiger partial charge is 0.414 e. The van der Waals surface area contributed by atoms with E-state index in [-0.39, 0.29) is 60.3 Å². The minimum Gasteiger partial charge on any atom is -1.00 e. The van der Waals surface area contributed by atoms with Gasteiger partial charge in [-0.2, -0.15) is 0 Å². The Morgan fingerprint density at radius 2 is 1.12 bits per heavy atom. The van der Waals surface area contributed by atoms with Crippen LogP contribution in [-0.2, 0) is 61.3 Å². The van der Waals surface area contributed by atoms with Crippen LogP contribution in [0.4, 0.5) is 9.59 Å². The summed E-state index contributed by atoms with van der Waals surface area (Å²) in [5.41, 5.74) is 15.9. The molecule has 0 fully saturated rings. The van der Waals surface area contributed by atoms with E-state index < -0.39 is 0 Å². The van der Waals surface area contributed by atoms with Crippen LogP contribution in [0.15, 0.2) is 73.1 Å². The van der Waals surface area contributed by atoms with E-state index in [2.05, 4.69) is 113 Å². The molecule has 1 unspecified atom stereocenters. The summed E-state index contributed by atoms with van der Waals surface area (Å²) in [6.45, 7) is 30.9. The van der Waals surface area contributed by atoms with E-state index in [1.165, 1.54) is 66.6 Å².